The second-order valence-corrected chi connectivity index (χ2v) is 4.61. The Hall–Kier alpha value is -2.08. The highest BCUT2D eigenvalue weighted by Gasteiger charge is 2.06. The highest BCUT2D eigenvalue weighted by atomic mass is 32.1. The monoisotopic (exact) mass is 276 g/mol. The molecule has 1 aromatic carbocycles. The van der Waals surface area contributed by atoms with E-state index in [0.717, 1.165) is 16.9 Å². The number of nitrogens with one attached hydrogen (secondary N) is 1. The molecule has 0 amide bonds. The van der Waals surface area contributed by atoms with Crippen LogP contribution < -0.4 is 11.1 Å². The quantitative estimate of drug-likeness (QED) is 0.844. The molecule has 2 rings (SSSR count). The minimum absolute atomic E-state index is 0.212. The summed E-state index contributed by atoms with van der Waals surface area (Å²) in [6.45, 7) is 3.63. The molecule has 98 valence electrons. The molecule has 0 spiro atoms. The first-order chi connectivity index (χ1) is 8.95. The highest BCUT2D eigenvalue weighted by molar-refractivity contribution is 7.80. The summed E-state index contributed by atoms with van der Waals surface area (Å²) in [6.07, 6.45) is 0. The first kappa shape index (κ1) is 13.4. The van der Waals surface area contributed by atoms with Crippen molar-refractivity contribution in [1.82, 2.24) is 9.97 Å². The van der Waals surface area contributed by atoms with Crippen molar-refractivity contribution < 1.29 is 4.39 Å². The summed E-state index contributed by atoms with van der Waals surface area (Å²) < 4.78 is 13.0. The van der Waals surface area contributed by atoms with Gasteiger partial charge in [-0.3, -0.25) is 0 Å². The number of benzene rings is 1. The Balaban J connectivity index is 2.35. The van der Waals surface area contributed by atoms with Gasteiger partial charge < -0.3 is 11.1 Å². The average molecular weight is 276 g/mol. The van der Waals surface area contributed by atoms with Crippen LogP contribution in [-0.4, -0.2) is 15.0 Å². The van der Waals surface area contributed by atoms with E-state index in [1.54, 1.807) is 19.1 Å². The number of rotatable bonds is 3. The molecule has 0 radical (unpaired) electrons. The smallest absolute Gasteiger partial charge is 0.228 e. The second kappa shape index (κ2) is 5.27. The van der Waals surface area contributed by atoms with E-state index >= 15 is 0 Å². The summed E-state index contributed by atoms with van der Waals surface area (Å²) in [5.74, 6) is 0.106. The third-order valence-electron chi connectivity index (χ3n) is 2.54. The van der Waals surface area contributed by atoms with Crippen molar-refractivity contribution in [2.75, 3.05) is 5.32 Å². The zero-order valence-electron chi connectivity index (χ0n) is 10.6. The van der Waals surface area contributed by atoms with Crippen LogP contribution in [0.5, 0.6) is 0 Å². The Labute approximate surface area is 115 Å². The molecule has 3 N–H and O–H groups in total. The molecule has 4 nitrogen and oxygen atoms in total. The fourth-order valence-electron chi connectivity index (χ4n) is 1.64. The molecule has 0 aliphatic carbocycles. The molecule has 0 unspecified atom stereocenters. The number of halogens is 1. The number of hydrogen-bond acceptors (Lipinski definition) is 4. The predicted molar refractivity (Wildman–Crippen MR) is 77.1 cm³/mol. The summed E-state index contributed by atoms with van der Waals surface area (Å²) in [5.41, 5.74) is 8.32. The van der Waals surface area contributed by atoms with Gasteiger partial charge in [0.15, 0.2) is 0 Å². The SMILES string of the molecule is Cc1cc(C(N)=S)nc(Nc2ccc(F)cc2C)n1. The van der Waals surface area contributed by atoms with Gasteiger partial charge in [-0.25, -0.2) is 14.4 Å². The van der Waals surface area contributed by atoms with Gasteiger partial charge >= 0.3 is 0 Å². The first-order valence-corrected chi connectivity index (χ1v) is 6.05. The van der Waals surface area contributed by atoms with Gasteiger partial charge in [0.05, 0.1) is 0 Å². The van der Waals surface area contributed by atoms with E-state index in [1.165, 1.54) is 12.1 Å². The summed E-state index contributed by atoms with van der Waals surface area (Å²) >= 11 is 4.90. The number of anilines is 2. The van der Waals surface area contributed by atoms with E-state index < -0.39 is 0 Å². The number of thiocarbonyl (C=S) groups is 1. The lowest BCUT2D eigenvalue weighted by Gasteiger charge is -2.09. The van der Waals surface area contributed by atoms with E-state index in [9.17, 15) is 4.39 Å². The van der Waals surface area contributed by atoms with Gasteiger partial charge in [-0.1, -0.05) is 12.2 Å². The van der Waals surface area contributed by atoms with Crippen LogP contribution in [0.4, 0.5) is 16.0 Å². The maximum Gasteiger partial charge on any atom is 0.228 e. The van der Waals surface area contributed by atoms with Crippen molar-refractivity contribution in [2.24, 2.45) is 5.73 Å². The molecule has 0 aliphatic heterocycles. The zero-order valence-corrected chi connectivity index (χ0v) is 11.4. The van der Waals surface area contributed by atoms with E-state index in [4.69, 9.17) is 18.0 Å². The Kier molecular flexibility index (Phi) is 3.71. The lowest BCUT2D eigenvalue weighted by atomic mass is 10.2. The molecule has 0 bridgehead atoms. The molecule has 2 aromatic rings. The molecule has 0 saturated carbocycles. The average Bonchev–Trinajstić information content (AvgIpc) is 2.32. The van der Waals surface area contributed by atoms with Crippen LogP contribution in [0.3, 0.4) is 0 Å². The second-order valence-electron chi connectivity index (χ2n) is 4.17. The zero-order chi connectivity index (χ0) is 14.0. The first-order valence-electron chi connectivity index (χ1n) is 5.64. The largest absolute Gasteiger partial charge is 0.388 e. The molecule has 1 heterocycles. The summed E-state index contributed by atoms with van der Waals surface area (Å²) in [4.78, 5) is 8.67. The molecule has 0 fully saturated rings. The maximum atomic E-state index is 13.0. The number of nitrogens with zero attached hydrogens (tertiary/aromatic N) is 2. The summed E-state index contributed by atoms with van der Waals surface area (Å²) in [5, 5.41) is 3.03. The highest BCUT2D eigenvalue weighted by Crippen LogP contribution is 2.19. The summed E-state index contributed by atoms with van der Waals surface area (Å²) in [7, 11) is 0. The predicted octanol–water partition coefficient (Wildman–Crippen LogP) is 2.61. The van der Waals surface area contributed by atoms with Gasteiger partial charge in [0.1, 0.15) is 16.5 Å². The van der Waals surface area contributed by atoms with E-state index in [-0.39, 0.29) is 10.8 Å². The Bertz CT molecular complexity index is 643. The number of aromatic nitrogens is 2. The van der Waals surface area contributed by atoms with Gasteiger partial charge in [-0.05, 0) is 43.7 Å². The Morgan fingerprint density at radius 2 is 2.00 bits per heavy atom. The van der Waals surface area contributed by atoms with Crippen molar-refractivity contribution in [3.05, 3.63) is 47.0 Å². The Morgan fingerprint density at radius 1 is 1.26 bits per heavy atom. The van der Waals surface area contributed by atoms with Crippen LogP contribution in [0.2, 0.25) is 0 Å². The van der Waals surface area contributed by atoms with E-state index in [0.29, 0.717) is 11.6 Å². The van der Waals surface area contributed by atoms with Crippen LogP contribution >= 0.6 is 12.2 Å². The topological polar surface area (TPSA) is 63.8 Å². The van der Waals surface area contributed by atoms with Crippen molar-refractivity contribution in [3.8, 4) is 0 Å². The van der Waals surface area contributed by atoms with Gasteiger partial charge in [-0.15, -0.1) is 0 Å². The third-order valence-corrected chi connectivity index (χ3v) is 2.75. The van der Waals surface area contributed by atoms with Gasteiger partial charge in [0, 0.05) is 11.4 Å². The Morgan fingerprint density at radius 3 is 2.63 bits per heavy atom. The number of nitrogens with two attached hydrogens (primary N) is 1. The van der Waals surface area contributed by atoms with Gasteiger partial charge in [-0.2, -0.15) is 0 Å². The van der Waals surface area contributed by atoms with Crippen LogP contribution in [0.25, 0.3) is 0 Å². The molecule has 0 aliphatic rings. The van der Waals surface area contributed by atoms with Crippen LogP contribution in [0.15, 0.2) is 24.3 Å². The van der Waals surface area contributed by atoms with Crippen LogP contribution in [0.1, 0.15) is 17.0 Å². The van der Waals surface area contributed by atoms with Crippen molar-refractivity contribution in [1.29, 1.82) is 0 Å². The molecule has 19 heavy (non-hydrogen) atoms. The molecule has 1 aromatic heterocycles. The normalized spacial score (nSPS) is 10.3. The lowest BCUT2D eigenvalue weighted by molar-refractivity contribution is 0.627. The molecule has 0 atom stereocenters. The lowest BCUT2D eigenvalue weighted by Crippen LogP contribution is -2.14. The number of aryl methyl sites for hydroxylation is 2. The summed E-state index contributed by atoms with van der Waals surface area (Å²) in [6, 6.07) is 6.16. The number of hydrogen-bond donors (Lipinski definition) is 2. The third kappa shape index (κ3) is 3.23. The fourth-order valence-corrected chi connectivity index (χ4v) is 1.74. The van der Waals surface area contributed by atoms with Crippen molar-refractivity contribution in [3.63, 3.8) is 0 Å². The molecular formula is C13H13FN4S. The molecular weight excluding hydrogens is 263 g/mol. The standard InChI is InChI=1S/C13H13FN4S/c1-7-5-9(14)3-4-10(7)17-13-16-8(2)6-11(18-13)12(15)19/h3-6H,1-2H3,(H2,15,19)(H,16,17,18). The van der Waals surface area contributed by atoms with Gasteiger partial charge in [0.2, 0.25) is 5.95 Å². The molecule has 0 saturated heterocycles. The minimum Gasteiger partial charge on any atom is -0.388 e. The molecule has 6 heteroatoms. The van der Waals surface area contributed by atoms with Crippen molar-refractivity contribution in [2.45, 2.75) is 13.8 Å². The van der Waals surface area contributed by atoms with Crippen LogP contribution in [0, 0.1) is 19.7 Å². The van der Waals surface area contributed by atoms with Crippen LogP contribution in [-0.2, 0) is 0 Å². The van der Waals surface area contributed by atoms with E-state index in [1.807, 2.05) is 6.92 Å². The van der Waals surface area contributed by atoms with Gasteiger partial charge in [0.25, 0.3) is 0 Å². The van der Waals surface area contributed by atoms with Crippen molar-refractivity contribution >= 4 is 28.8 Å². The maximum absolute atomic E-state index is 13.0. The fraction of sp³-hybridized carbons (Fsp3) is 0.154. The minimum atomic E-state index is -0.281. The van der Waals surface area contributed by atoms with E-state index in [2.05, 4.69) is 15.3 Å².